The number of nitrogens with one attached hydrogen (secondary N) is 2. The normalized spacial score (nSPS) is 10.4. The third-order valence-electron chi connectivity index (χ3n) is 3.48. The first-order valence-electron chi connectivity index (χ1n) is 8.09. The molecule has 3 N–H and O–H groups in total. The quantitative estimate of drug-likeness (QED) is 0.525. The molecule has 0 bridgehead atoms. The molecule has 7 nitrogen and oxygen atoms in total. The van der Waals surface area contributed by atoms with E-state index >= 15 is 0 Å². The molecular formula is C21H16N2O5. The summed E-state index contributed by atoms with van der Waals surface area (Å²) in [6.45, 7) is -0.688. The number of carbonyl (C=O) groups excluding carboxylic acids is 3. The van der Waals surface area contributed by atoms with Crippen LogP contribution >= 0.6 is 0 Å². The van der Waals surface area contributed by atoms with Crippen LogP contribution in [-0.4, -0.2) is 35.5 Å². The molecule has 2 aromatic carbocycles. The minimum atomic E-state index is -1.31. The summed E-state index contributed by atoms with van der Waals surface area (Å²) >= 11 is 0. The third kappa shape index (κ3) is 5.73. The van der Waals surface area contributed by atoms with Gasteiger partial charge in [-0.15, -0.1) is 6.42 Å². The van der Waals surface area contributed by atoms with Gasteiger partial charge >= 0.3 is 5.97 Å². The summed E-state index contributed by atoms with van der Waals surface area (Å²) in [6, 6.07) is 12.9. The van der Waals surface area contributed by atoms with Crippen molar-refractivity contribution < 1.29 is 24.3 Å². The Morgan fingerprint density at radius 2 is 1.71 bits per heavy atom. The van der Waals surface area contributed by atoms with Gasteiger partial charge in [0.1, 0.15) is 6.04 Å². The number of rotatable bonds is 5. The highest BCUT2D eigenvalue weighted by Crippen LogP contribution is 2.04. The average Bonchev–Trinajstić information content (AvgIpc) is 2.74. The van der Waals surface area contributed by atoms with Gasteiger partial charge in [-0.1, -0.05) is 24.1 Å². The molecule has 0 aromatic heterocycles. The molecule has 2 rings (SSSR count). The van der Waals surface area contributed by atoms with E-state index in [1.165, 1.54) is 24.3 Å². The van der Waals surface area contributed by atoms with Gasteiger partial charge in [0, 0.05) is 11.1 Å². The van der Waals surface area contributed by atoms with Gasteiger partial charge in [-0.25, -0.2) is 4.79 Å². The van der Waals surface area contributed by atoms with Crippen molar-refractivity contribution in [1.82, 2.24) is 10.8 Å². The third-order valence-corrected chi connectivity index (χ3v) is 3.48. The Morgan fingerprint density at radius 1 is 1.04 bits per heavy atom. The van der Waals surface area contributed by atoms with Gasteiger partial charge in [-0.3, -0.25) is 9.59 Å². The Morgan fingerprint density at radius 3 is 2.32 bits per heavy atom. The molecule has 2 amide bonds. The van der Waals surface area contributed by atoms with E-state index in [1.54, 1.807) is 30.3 Å². The minimum Gasteiger partial charge on any atom is -0.394 e. The van der Waals surface area contributed by atoms with E-state index in [0.717, 1.165) is 0 Å². The standard InChI is InChI=1S/C21H16N2O5/c1-2-3-7-15-10-12-16(13-11-15)19(25)22-18(14-24)20(26)23-28-21(27)17-8-5-4-6-9-17/h1,4-6,8-13,18,24H,14H2,(H,22,25)(H,23,26)/t18-/m1/s1. The topological polar surface area (TPSA) is 105 Å². The zero-order valence-corrected chi connectivity index (χ0v) is 14.6. The second-order valence-electron chi connectivity index (χ2n) is 5.40. The van der Waals surface area contributed by atoms with Crippen LogP contribution < -0.4 is 10.8 Å². The van der Waals surface area contributed by atoms with E-state index in [-0.39, 0.29) is 11.1 Å². The van der Waals surface area contributed by atoms with Crippen LogP contribution in [-0.2, 0) is 9.63 Å². The maximum atomic E-state index is 12.2. The monoisotopic (exact) mass is 376 g/mol. The van der Waals surface area contributed by atoms with Gasteiger partial charge in [0.05, 0.1) is 12.2 Å². The lowest BCUT2D eigenvalue weighted by Crippen LogP contribution is -2.49. The summed E-state index contributed by atoms with van der Waals surface area (Å²) in [5, 5.41) is 11.7. The molecule has 140 valence electrons. The van der Waals surface area contributed by atoms with Gasteiger partial charge in [-0.05, 0) is 48.2 Å². The highest BCUT2D eigenvalue weighted by molar-refractivity contribution is 5.98. The largest absolute Gasteiger partial charge is 0.394 e. The van der Waals surface area contributed by atoms with E-state index in [2.05, 4.69) is 27.9 Å². The van der Waals surface area contributed by atoms with Crippen LogP contribution in [0.3, 0.4) is 0 Å². The summed E-state index contributed by atoms with van der Waals surface area (Å²) in [6.07, 6.45) is 5.05. The molecule has 0 aliphatic carbocycles. The second-order valence-corrected chi connectivity index (χ2v) is 5.40. The molecular weight excluding hydrogens is 360 g/mol. The van der Waals surface area contributed by atoms with Crippen LogP contribution in [0.1, 0.15) is 26.3 Å². The molecule has 0 radical (unpaired) electrons. The van der Waals surface area contributed by atoms with Gasteiger partial charge in [0.15, 0.2) is 0 Å². The number of hydrogen-bond donors (Lipinski definition) is 3. The predicted octanol–water partition coefficient (Wildman–Crippen LogP) is 0.650. The highest BCUT2D eigenvalue weighted by atomic mass is 16.7. The summed E-state index contributed by atoms with van der Waals surface area (Å²) in [4.78, 5) is 40.8. The number of benzene rings is 2. The Labute approximate surface area is 161 Å². The van der Waals surface area contributed by atoms with Crippen molar-refractivity contribution in [3.63, 3.8) is 0 Å². The first kappa shape index (κ1) is 20.2. The summed E-state index contributed by atoms with van der Waals surface area (Å²) in [5.41, 5.74) is 3.03. The first-order chi connectivity index (χ1) is 13.5. The smallest absolute Gasteiger partial charge is 0.362 e. The molecule has 0 unspecified atom stereocenters. The lowest BCUT2D eigenvalue weighted by atomic mass is 10.1. The van der Waals surface area contributed by atoms with E-state index in [9.17, 15) is 19.5 Å². The maximum Gasteiger partial charge on any atom is 0.362 e. The number of amides is 2. The number of aliphatic hydroxyl groups is 1. The first-order valence-corrected chi connectivity index (χ1v) is 8.09. The Balaban J connectivity index is 1.93. The lowest BCUT2D eigenvalue weighted by Gasteiger charge is -2.15. The molecule has 0 heterocycles. The molecule has 2 aromatic rings. The van der Waals surface area contributed by atoms with Crippen molar-refractivity contribution in [1.29, 1.82) is 0 Å². The van der Waals surface area contributed by atoms with Gasteiger partial charge in [0.2, 0.25) is 0 Å². The fourth-order valence-corrected chi connectivity index (χ4v) is 2.05. The van der Waals surface area contributed by atoms with Gasteiger partial charge in [0.25, 0.3) is 11.8 Å². The van der Waals surface area contributed by atoms with E-state index in [1.807, 2.05) is 5.48 Å². The fourth-order valence-electron chi connectivity index (χ4n) is 2.05. The van der Waals surface area contributed by atoms with E-state index in [4.69, 9.17) is 6.42 Å². The molecule has 0 saturated heterocycles. The van der Waals surface area contributed by atoms with E-state index < -0.39 is 30.4 Å². The van der Waals surface area contributed by atoms with Gasteiger partial charge < -0.3 is 15.3 Å². The van der Waals surface area contributed by atoms with Crippen molar-refractivity contribution in [2.75, 3.05) is 6.61 Å². The van der Waals surface area contributed by atoms with Crippen LogP contribution in [0, 0.1) is 24.2 Å². The number of terminal acetylenes is 1. The lowest BCUT2D eigenvalue weighted by molar-refractivity contribution is -0.132. The molecule has 0 aliphatic rings. The summed E-state index contributed by atoms with van der Waals surface area (Å²) < 4.78 is 0. The molecule has 7 heteroatoms. The zero-order valence-electron chi connectivity index (χ0n) is 14.6. The van der Waals surface area contributed by atoms with Crippen molar-refractivity contribution in [3.8, 4) is 24.2 Å². The number of aliphatic hydroxyl groups excluding tert-OH is 1. The molecule has 28 heavy (non-hydrogen) atoms. The predicted molar refractivity (Wildman–Crippen MR) is 100 cm³/mol. The number of hydrogen-bond acceptors (Lipinski definition) is 5. The maximum absolute atomic E-state index is 12.2. The molecule has 0 fully saturated rings. The van der Waals surface area contributed by atoms with Crippen LogP contribution in [0.15, 0.2) is 54.6 Å². The highest BCUT2D eigenvalue weighted by Gasteiger charge is 2.22. The molecule has 1 atom stereocenters. The van der Waals surface area contributed by atoms with Crippen LogP contribution in [0.5, 0.6) is 0 Å². The summed E-state index contributed by atoms with van der Waals surface area (Å²) in [7, 11) is 0. The van der Waals surface area contributed by atoms with Gasteiger partial charge in [-0.2, -0.15) is 5.48 Å². The van der Waals surface area contributed by atoms with E-state index in [0.29, 0.717) is 5.56 Å². The molecule has 0 spiro atoms. The van der Waals surface area contributed by atoms with Crippen LogP contribution in [0.2, 0.25) is 0 Å². The van der Waals surface area contributed by atoms with Crippen molar-refractivity contribution in [3.05, 3.63) is 71.3 Å². The van der Waals surface area contributed by atoms with Crippen LogP contribution in [0.25, 0.3) is 0 Å². The summed E-state index contributed by atoms with van der Waals surface area (Å²) in [5.74, 6) is 5.08. The molecule has 0 saturated carbocycles. The van der Waals surface area contributed by atoms with Crippen molar-refractivity contribution in [2.45, 2.75) is 6.04 Å². The average molecular weight is 376 g/mol. The zero-order chi connectivity index (χ0) is 20.4. The molecule has 0 aliphatic heterocycles. The second kappa shape index (κ2) is 10.2. The number of carbonyl (C=O) groups is 3. The minimum absolute atomic E-state index is 0.236. The SMILES string of the molecule is C#CC#Cc1ccc(C(=O)N[C@H](CO)C(=O)NOC(=O)c2ccccc2)cc1. The number of hydroxylamine groups is 1. The fraction of sp³-hybridized carbons (Fsp3) is 0.0952. The van der Waals surface area contributed by atoms with Crippen molar-refractivity contribution >= 4 is 17.8 Å². The Kier molecular flexibility index (Phi) is 7.35. The van der Waals surface area contributed by atoms with Crippen molar-refractivity contribution in [2.24, 2.45) is 0 Å². The Hall–Kier alpha value is -4.07. The van der Waals surface area contributed by atoms with Crippen LogP contribution in [0.4, 0.5) is 0 Å². The Bertz CT molecular complexity index is 950.